The topological polar surface area (TPSA) is 122 Å². The van der Waals surface area contributed by atoms with Gasteiger partial charge in [0.25, 0.3) is 5.69 Å². The summed E-state index contributed by atoms with van der Waals surface area (Å²) in [6, 6.07) is 15.8. The standard InChI is InChI=1S/C31H26ClFN4O4/c1-17-12-18(2)23(13-19(17)16-41-22-9-6-20(33)7-10-22)29-24(15-34)31(35)36(26-4-3-5-28(38)30(26)29)27-14-21(37(39)40)8-11-25(27)32/h6-14,29H,3-5,16,35H2,1-2H3. The molecule has 208 valence electrons. The third kappa shape index (κ3) is 5.14. The van der Waals surface area contributed by atoms with E-state index in [1.807, 2.05) is 26.0 Å². The first-order valence-electron chi connectivity index (χ1n) is 13.0. The van der Waals surface area contributed by atoms with Gasteiger partial charge in [-0.1, -0.05) is 23.7 Å². The number of nitrogens with two attached hydrogens (primary N) is 1. The summed E-state index contributed by atoms with van der Waals surface area (Å²) in [6.07, 6.45) is 1.34. The number of ketones is 1. The van der Waals surface area contributed by atoms with Crippen LogP contribution in [0.25, 0.3) is 0 Å². The molecule has 0 amide bonds. The van der Waals surface area contributed by atoms with Crippen molar-refractivity contribution in [3.63, 3.8) is 0 Å². The van der Waals surface area contributed by atoms with E-state index in [4.69, 9.17) is 22.1 Å². The van der Waals surface area contributed by atoms with Crippen LogP contribution in [0.3, 0.4) is 0 Å². The molecule has 3 aromatic rings. The molecule has 0 spiro atoms. The van der Waals surface area contributed by atoms with Crippen LogP contribution in [-0.2, 0) is 11.4 Å². The number of hydrogen-bond acceptors (Lipinski definition) is 7. The molecule has 2 aliphatic rings. The summed E-state index contributed by atoms with van der Waals surface area (Å²) in [5.41, 5.74) is 11.3. The summed E-state index contributed by atoms with van der Waals surface area (Å²) in [7, 11) is 0. The smallest absolute Gasteiger partial charge is 0.271 e. The van der Waals surface area contributed by atoms with Crippen molar-refractivity contribution in [3.05, 3.63) is 120 Å². The third-order valence-corrected chi connectivity index (χ3v) is 7.86. The molecule has 0 aromatic heterocycles. The van der Waals surface area contributed by atoms with Gasteiger partial charge in [-0.25, -0.2) is 4.39 Å². The Labute approximate surface area is 241 Å². The summed E-state index contributed by atoms with van der Waals surface area (Å²) < 4.78 is 19.2. The van der Waals surface area contributed by atoms with E-state index in [0.29, 0.717) is 36.3 Å². The SMILES string of the molecule is Cc1cc(C)c(C2C(C#N)=C(N)N(c3cc([N+](=O)[O-])ccc3Cl)C3=C2C(=O)CCC3)cc1COc1ccc(F)cc1. The van der Waals surface area contributed by atoms with Crippen molar-refractivity contribution in [1.29, 1.82) is 5.26 Å². The van der Waals surface area contributed by atoms with E-state index in [1.165, 1.54) is 35.2 Å². The van der Waals surface area contributed by atoms with Crippen LogP contribution in [0.1, 0.15) is 47.4 Å². The largest absolute Gasteiger partial charge is 0.489 e. The number of anilines is 1. The monoisotopic (exact) mass is 572 g/mol. The zero-order chi connectivity index (χ0) is 29.4. The van der Waals surface area contributed by atoms with Crippen LogP contribution in [0.15, 0.2) is 77.3 Å². The van der Waals surface area contributed by atoms with E-state index in [-0.39, 0.29) is 46.0 Å². The molecule has 1 atom stereocenters. The highest BCUT2D eigenvalue weighted by Gasteiger charge is 2.41. The number of Topliss-reactive ketones (excluding diaryl/α,β-unsaturated/α-hetero) is 1. The van der Waals surface area contributed by atoms with Crippen molar-refractivity contribution in [2.24, 2.45) is 5.73 Å². The maximum absolute atomic E-state index is 13.6. The number of carbonyl (C=O) groups excluding carboxylic acids is 1. The quantitative estimate of drug-likeness (QED) is 0.252. The first-order chi connectivity index (χ1) is 19.6. The van der Waals surface area contributed by atoms with Gasteiger partial charge in [-0.05, 0) is 79.3 Å². The maximum Gasteiger partial charge on any atom is 0.271 e. The van der Waals surface area contributed by atoms with Gasteiger partial charge in [0.15, 0.2) is 5.78 Å². The van der Waals surface area contributed by atoms with Crippen molar-refractivity contribution >= 4 is 28.8 Å². The summed E-state index contributed by atoms with van der Waals surface area (Å²) in [5, 5.41) is 22.1. The van der Waals surface area contributed by atoms with Crippen molar-refractivity contribution in [2.45, 2.75) is 45.6 Å². The minimum Gasteiger partial charge on any atom is -0.489 e. The number of aryl methyl sites for hydroxylation is 2. The molecule has 1 aliphatic heterocycles. The van der Waals surface area contributed by atoms with Crippen LogP contribution in [0.4, 0.5) is 15.8 Å². The Morgan fingerprint density at radius 3 is 2.56 bits per heavy atom. The molecular weight excluding hydrogens is 547 g/mol. The van der Waals surface area contributed by atoms with Gasteiger partial charge in [0.05, 0.1) is 33.2 Å². The van der Waals surface area contributed by atoms with E-state index in [2.05, 4.69) is 6.07 Å². The van der Waals surface area contributed by atoms with E-state index in [9.17, 15) is 24.6 Å². The molecule has 1 heterocycles. The molecule has 1 aliphatic carbocycles. The lowest BCUT2D eigenvalue weighted by Gasteiger charge is -2.40. The van der Waals surface area contributed by atoms with Gasteiger partial charge < -0.3 is 10.5 Å². The van der Waals surface area contributed by atoms with Crippen LogP contribution in [-0.4, -0.2) is 10.7 Å². The van der Waals surface area contributed by atoms with Gasteiger partial charge in [0.2, 0.25) is 0 Å². The number of halogens is 2. The molecular formula is C31H26ClFN4O4. The Kier molecular flexibility index (Phi) is 7.52. The number of ether oxygens (including phenoxy) is 1. The van der Waals surface area contributed by atoms with Gasteiger partial charge >= 0.3 is 0 Å². The second-order valence-electron chi connectivity index (χ2n) is 10.1. The predicted octanol–water partition coefficient (Wildman–Crippen LogP) is 6.89. The third-order valence-electron chi connectivity index (χ3n) is 7.54. The average molecular weight is 573 g/mol. The van der Waals surface area contributed by atoms with Gasteiger partial charge in [-0.2, -0.15) is 5.26 Å². The summed E-state index contributed by atoms with van der Waals surface area (Å²) >= 11 is 6.50. The number of nitrogens with zero attached hydrogens (tertiary/aromatic N) is 3. The Morgan fingerprint density at radius 2 is 1.88 bits per heavy atom. The predicted molar refractivity (Wildman–Crippen MR) is 153 cm³/mol. The Morgan fingerprint density at radius 1 is 1.15 bits per heavy atom. The van der Waals surface area contributed by atoms with Crippen LogP contribution >= 0.6 is 11.6 Å². The first-order valence-corrected chi connectivity index (χ1v) is 13.4. The fraction of sp³-hybridized carbons (Fsp3) is 0.226. The van der Waals surface area contributed by atoms with Gasteiger partial charge in [-0.3, -0.25) is 19.8 Å². The number of hydrogen-bond donors (Lipinski definition) is 1. The zero-order valence-corrected chi connectivity index (χ0v) is 23.2. The first kappa shape index (κ1) is 27.9. The molecule has 2 N–H and O–H groups in total. The number of nitriles is 1. The molecule has 0 saturated carbocycles. The van der Waals surface area contributed by atoms with Crippen molar-refractivity contribution in [3.8, 4) is 11.8 Å². The summed E-state index contributed by atoms with van der Waals surface area (Å²) in [4.78, 5) is 26.1. The second-order valence-corrected chi connectivity index (χ2v) is 10.5. The van der Waals surface area contributed by atoms with Crippen LogP contribution in [0.5, 0.6) is 5.75 Å². The number of benzene rings is 3. The van der Waals surface area contributed by atoms with Crippen LogP contribution in [0.2, 0.25) is 5.02 Å². The van der Waals surface area contributed by atoms with Gasteiger partial charge in [0, 0.05) is 29.8 Å². The maximum atomic E-state index is 13.6. The lowest BCUT2D eigenvalue weighted by atomic mass is 9.74. The number of nitro benzene ring substituents is 1. The Balaban J connectivity index is 1.65. The molecule has 0 saturated heterocycles. The van der Waals surface area contributed by atoms with Crippen molar-refractivity contribution < 1.29 is 18.8 Å². The number of allylic oxidation sites excluding steroid dienone is 3. The molecule has 3 aromatic carbocycles. The molecule has 5 rings (SSSR count). The molecule has 10 heteroatoms. The summed E-state index contributed by atoms with van der Waals surface area (Å²) in [6.45, 7) is 4.04. The minimum atomic E-state index is -0.735. The minimum absolute atomic E-state index is 0.0671. The Bertz CT molecular complexity index is 1690. The van der Waals surface area contributed by atoms with E-state index >= 15 is 0 Å². The molecule has 41 heavy (non-hydrogen) atoms. The van der Waals surface area contributed by atoms with Crippen molar-refractivity contribution in [1.82, 2.24) is 0 Å². The number of rotatable bonds is 6. The highest BCUT2D eigenvalue weighted by molar-refractivity contribution is 6.33. The average Bonchev–Trinajstić information content (AvgIpc) is 2.94. The van der Waals surface area contributed by atoms with E-state index in [0.717, 1.165) is 22.3 Å². The van der Waals surface area contributed by atoms with Crippen molar-refractivity contribution in [2.75, 3.05) is 4.90 Å². The Hall–Kier alpha value is -4.68. The lowest BCUT2D eigenvalue weighted by molar-refractivity contribution is -0.384. The fourth-order valence-electron chi connectivity index (χ4n) is 5.53. The van der Waals surface area contributed by atoms with Gasteiger partial charge in [0.1, 0.15) is 24.0 Å². The highest BCUT2D eigenvalue weighted by Crippen LogP contribution is 2.48. The van der Waals surface area contributed by atoms with Gasteiger partial charge in [-0.15, -0.1) is 0 Å². The molecule has 8 nitrogen and oxygen atoms in total. The normalized spacial score (nSPS) is 16.9. The molecule has 0 radical (unpaired) electrons. The van der Waals surface area contributed by atoms with Crippen LogP contribution < -0.4 is 15.4 Å². The zero-order valence-electron chi connectivity index (χ0n) is 22.4. The van der Waals surface area contributed by atoms with E-state index in [1.54, 1.807) is 12.1 Å². The number of nitro groups is 1. The molecule has 1 unspecified atom stereocenters. The molecule has 0 fully saturated rings. The summed E-state index contributed by atoms with van der Waals surface area (Å²) in [5.74, 6) is -0.644. The number of carbonyl (C=O) groups is 1. The van der Waals surface area contributed by atoms with Crippen LogP contribution in [0, 0.1) is 41.1 Å². The lowest BCUT2D eigenvalue weighted by Crippen LogP contribution is -2.39. The van der Waals surface area contributed by atoms with E-state index < -0.39 is 10.8 Å². The number of non-ortho nitro benzene ring substituents is 1. The second kappa shape index (κ2) is 11.1. The highest BCUT2D eigenvalue weighted by atomic mass is 35.5. The fourth-order valence-corrected chi connectivity index (χ4v) is 5.74. The molecule has 0 bridgehead atoms.